The molecule has 1 N–H and O–H groups in total. The first-order valence-electron chi connectivity index (χ1n) is 13.2. The molecule has 0 unspecified atom stereocenters. The smallest absolute Gasteiger partial charge is 0.372 e. The minimum absolute atomic E-state index is 0. The fraction of sp³-hybridized carbons (Fsp3) is 0.571. The van der Waals surface area contributed by atoms with Gasteiger partial charge >= 0.3 is 17.9 Å². The number of hydrogen-bond acceptors (Lipinski definition) is 9. The molecule has 0 fully saturated rings. The van der Waals surface area contributed by atoms with E-state index in [4.69, 9.17) is 23.7 Å². The largest absolute Gasteiger partial charge is 1.00 e. The van der Waals surface area contributed by atoms with Crippen molar-refractivity contribution in [1.29, 1.82) is 0 Å². The molecule has 0 radical (unpaired) electrons. The summed E-state index contributed by atoms with van der Waals surface area (Å²) in [5, 5.41) is 3.14. The Morgan fingerprint density at radius 1 is 0.825 bits per heavy atom. The molecule has 10 nitrogen and oxygen atoms in total. The number of carbonyl (C=O) groups excluding carboxylic acids is 3. The number of dihydropyridines is 1. The van der Waals surface area contributed by atoms with Crippen LogP contribution in [0.1, 0.15) is 58.9 Å². The molecule has 40 heavy (non-hydrogen) atoms. The lowest BCUT2D eigenvalue weighted by atomic mass is 9.81. The Balaban J connectivity index is 0.00000760. The number of hydrogen-bond donors (Lipinski definition) is 1. The molecule has 0 atom stereocenters. The molecule has 1 aliphatic heterocycles. The van der Waals surface area contributed by atoms with Crippen LogP contribution in [0.25, 0.3) is 0 Å². The number of ether oxygens (including phenoxy) is 5. The lowest BCUT2D eigenvalue weighted by Gasteiger charge is -2.30. The number of aromatic nitrogens is 1. The molecule has 0 saturated carbocycles. The monoisotopic (exact) mass is 692 g/mol. The van der Waals surface area contributed by atoms with Crippen LogP contribution < -0.4 is 26.9 Å². The summed E-state index contributed by atoms with van der Waals surface area (Å²) in [4.78, 5) is 38.7. The van der Waals surface area contributed by atoms with Crippen LogP contribution in [0.2, 0.25) is 0 Å². The fourth-order valence-electron chi connectivity index (χ4n) is 4.07. The number of nitrogens with one attached hydrogen (secondary N) is 1. The van der Waals surface area contributed by atoms with Crippen LogP contribution >= 0.6 is 17.0 Å². The molecule has 1 aromatic rings. The maximum absolute atomic E-state index is 13.3. The quantitative estimate of drug-likeness (QED) is 0.113. The van der Waals surface area contributed by atoms with Gasteiger partial charge in [0, 0.05) is 36.2 Å². The van der Waals surface area contributed by atoms with E-state index in [1.807, 2.05) is 13.8 Å². The highest BCUT2D eigenvalue weighted by molar-refractivity contribution is 8.93. The third-order valence-corrected chi connectivity index (χ3v) is 5.65. The number of carbonyl (C=O) groups is 3. The minimum Gasteiger partial charge on any atom is -1.00 e. The molecular formula is C28H42Br2N2O8. The van der Waals surface area contributed by atoms with Crippen LogP contribution in [-0.2, 0) is 44.6 Å². The van der Waals surface area contributed by atoms with Crippen molar-refractivity contribution in [3.05, 3.63) is 52.6 Å². The maximum Gasteiger partial charge on any atom is 0.372 e. The minimum atomic E-state index is -0.779. The van der Waals surface area contributed by atoms with Gasteiger partial charge in [-0.1, -0.05) is 13.8 Å². The molecule has 1 aromatic heterocycles. The van der Waals surface area contributed by atoms with Gasteiger partial charge in [0.1, 0.15) is 13.2 Å². The van der Waals surface area contributed by atoms with E-state index in [2.05, 4.69) is 5.32 Å². The Morgan fingerprint density at radius 2 is 1.35 bits per heavy atom. The topological polar surface area (TPSA) is 113 Å². The molecule has 12 heteroatoms. The molecule has 2 heterocycles. The van der Waals surface area contributed by atoms with Crippen LogP contribution in [0.4, 0.5) is 0 Å². The Morgan fingerprint density at radius 3 is 1.82 bits per heavy atom. The average molecular weight is 694 g/mol. The van der Waals surface area contributed by atoms with E-state index in [0.29, 0.717) is 30.2 Å². The highest BCUT2D eigenvalue weighted by Gasteiger charge is 2.39. The van der Waals surface area contributed by atoms with Gasteiger partial charge in [0.15, 0.2) is 12.4 Å². The van der Waals surface area contributed by atoms with Crippen LogP contribution in [0.15, 0.2) is 47.1 Å². The van der Waals surface area contributed by atoms with Gasteiger partial charge in [-0.15, -0.1) is 17.0 Å². The number of rotatable bonds is 16. The van der Waals surface area contributed by atoms with Crippen molar-refractivity contribution in [2.75, 3.05) is 46.2 Å². The molecule has 0 amide bonds. The van der Waals surface area contributed by atoms with Gasteiger partial charge in [0.2, 0.25) is 6.54 Å². The average Bonchev–Trinajstić information content (AvgIpc) is 2.88. The number of esters is 3. The van der Waals surface area contributed by atoms with Crippen molar-refractivity contribution in [3.8, 4) is 0 Å². The SMILES string of the molecule is Br.CCCOCCOC(=O)C1=C(C)NC(C)=C(C(=O)OCCOCCC)C1c1ccc[n+](CC(=O)OCC)c1.[Br-]. The predicted octanol–water partition coefficient (Wildman–Crippen LogP) is 0.294. The zero-order valence-corrected chi connectivity index (χ0v) is 27.3. The van der Waals surface area contributed by atoms with E-state index in [1.54, 1.807) is 49.9 Å². The Labute approximate surface area is 257 Å². The van der Waals surface area contributed by atoms with E-state index in [1.165, 1.54) is 0 Å². The van der Waals surface area contributed by atoms with Gasteiger partial charge in [-0.3, -0.25) is 0 Å². The first-order chi connectivity index (χ1) is 18.3. The lowest BCUT2D eigenvalue weighted by molar-refractivity contribution is -0.686. The first-order valence-corrected chi connectivity index (χ1v) is 13.2. The summed E-state index contributed by atoms with van der Waals surface area (Å²) >= 11 is 0. The second kappa shape index (κ2) is 20.6. The molecule has 2 rings (SSSR count). The summed E-state index contributed by atoms with van der Waals surface area (Å²) in [7, 11) is 0. The van der Waals surface area contributed by atoms with E-state index >= 15 is 0 Å². The summed E-state index contributed by atoms with van der Waals surface area (Å²) in [6.45, 7) is 11.4. The van der Waals surface area contributed by atoms with Crippen LogP contribution in [0, 0.1) is 0 Å². The van der Waals surface area contributed by atoms with Gasteiger partial charge < -0.3 is 46.0 Å². The first kappa shape index (κ1) is 37.7. The standard InChI is InChI=1S/C28H40N2O8.2BrH/c1-6-12-34-14-16-37-27(32)24-20(4)29-21(5)25(28(33)38-17-15-35-13-7-2)26(24)22-10-9-11-30(18-22)19-23(31)36-8-3;;/h9-11,18,26H,6-8,12-17,19H2,1-5H3;2*1H. The van der Waals surface area contributed by atoms with Gasteiger partial charge in [-0.2, -0.15) is 4.57 Å². The van der Waals surface area contributed by atoms with Gasteiger partial charge in [0.05, 0.1) is 36.9 Å². The van der Waals surface area contributed by atoms with Crippen LogP contribution in [0.5, 0.6) is 0 Å². The highest BCUT2D eigenvalue weighted by atomic mass is 79.9. The van der Waals surface area contributed by atoms with Crippen molar-refractivity contribution in [2.24, 2.45) is 0 Å². The van der Waals surface area contributed by atoms with E-state index in [-0.39, 0.29) is 84.7 Å². The number of pyridine rings is 1. The second-order valence-corrected chi connectivity index (χ2v) is 8.75. The summed E-state index contributed by atoms with van der Waals surface area (Å²) in [6, 6.07) is 3.55. The molecular weight excluding hydrogens is 652 g/mol. The van der Waals surface area contributed by atoms with Crippen molar-refractivity contribution >= 4 is 34.9 Å². The van der Waals surface area contributed by atoms with E-state index in [9.17, 15) is 14.4 Å². The second-order valence-electron chi connectivity index (χ2n) is 8.75. The maximum atomic E-state index is 13.3. The summed E-state index contributed by atoms with van der Waals surface area (Å²) < 4.78 is 28.6. The summed E-state index contributed by atoms with van der Waals surface area (Å²) in [5.74, 6) is -2.30. The van der Waals surface area contributed by atoms with Crippen molar-refractivity contribution in [1.82, 2.24) is 5.32 Å². The lowest BCUT2D eigenvalue weighted by Crippen LogP contribution is -3.00. The summed E-state index contributed by atoms with van der Waals surface area (Å²) in [5.41, 5.74) is 2.33. The molecule has 0 aliphatic carbocycles. The molecule has 0 bridgehead atoms. The molecule has 0 spiro atoms. The molecule has 0 saturated heterocycles. The van der Waals surface area contributed by atoms with E-state index < -0.39 is 23.8 Å². The Bertz CT molecular complexity index is 981. The molecule has 226 valence electrons. The van der Waals surface area contributed by atoms with Gasteiger partial charge in [0.25, 0.3) is 0 Å². The van der Waals surface area contributed by atoms with Crippen LogP contribution in [0.3, 0.4) is 0 Å². The normalized spacial score (nSPS) is 13.1. The molecule has 1 aliphatic rings. The van der Waals surface area contributed by atoms with Crippen molar-refractivity contribution in [2.45, 2.75) is 59.9 Å². The van der Waals surface area contributed by atoms with Gasteiger partial charge in [-0.25, -0.2) is 14.4 Å². The number of nitrogens with zero attached hydrogens (tertiary/aromatic N) is 1. The highest BCUT2D eigenvalue weighted by Crippen LogP contribution is 2.38. The Kier molecular flexibility index (Phi) is 19.4. The summed E-state index contributed by atoms with van der Waals surface area (Å²) in [6.07, 6.45) is 5.18. The third kappa shape index (κ3) is 11.7. The number of halogens is 2. The van der Waals surface area contributed by atoms with Crippen molar-refractivity contribution < 1.29 is 59.6 Å². The van der Waals surface area contributed by atoms with Crippen LogP contribution in [-0.4, -0.2) is 64.2 Å². The zero-order chi connectivity index (χ0) is 27.9. The number of allylic oxidation sites excluding steroid dienone is 2. The van der Waals surface area contributed by atoms with E-state index in [0.717, 1.165) is 12.8 Å². The third-order valence-electron chi connectivity index (χ3n) is 5.65. The fourth-order valence-corrected chi connectivity index (χ4v) is 4.07. The Hall–Kier alpha value is -2.28. The van der Waals surface area contributed by atoms with Crippen molar-refractivity contribution in [3.63, 3.8) is 0 Å². The zero-order valence-electron chi connectivity index (χ0n) is 24.0. The molecule has 0 aromatic carbocycles. The predicted molar refractivity (Wildman–Crippen MR) is 149 cm³/mol. The van der Waals surface area contributed by atoms with Gasteiger partial charge in [-0.05, 0) is 39.7 Å².